The van der Waals surface area contributed by atoms with Crippen LogP contribution in [-0.2, 0) is 0 Å². The lowest BCUT2D eigenvalue weighted by Crippen LogP contribution is -2.22. The Kier molecular flexibility index (Phi) is 8.18. The summed E-state index contributed by atoms with van der Waals surface area (Å²) in [5, 5.41) is 19.8. The van der Waals surface area contributed by atoms with E-state index < -0.39 is 12.2 Å². The molecule has 2 N–H and O–H groups in total. The molecule has 29 heavy (non-hydrogen) atoms. The number of hydrogen-bond donors (Lipinski definition) is 2. The highest BCUT2D eigenvalue weighted by Crippen LogP contribution is 2.41. The Bertz CT molecular complexity index is 807. The van der Waals surface area contributed by atoms with Gasteiger partial charge in [0, 0.05) is 0 Å². The molecule has 0 aliphatic carbocycles. The van der Waals surface area contributed by atoms with Crippen molar-refractivity contribution in [2.24, 2.45) is 0 Å². The minimum atomic E-state index is -0.932. The number of ether oxygens (including phenoxy) is 5. The zero-order valence-corrected chi connectivity index (χ0v) is 17.3. The lowest BCUT2D eigenvalue weighted by molar-refractivity contribution is 0.0433. The second-order valence-corrected chi connectivity index (χ2v) is 6.22. The van der Waals surface area contributed by atoms with Gasteiger partial charge in [0.1, 0.15) is 12.2 Å². The van der Waals surface area contributed by atoms with Crippen LogP contribution in [0.3, 0.4) is 0 Å². The van der Waals surface area contributed by atoms with E-state index in [9.17, 15) is 5.11 Å². The molecule has 158 valence electrons. The van der Waals surface area contributed by atoms with Gasteiger partial charge in [0.25, 0.3) is 0 Å². The van der Waals surface area contributed by atoms with Crippen LogP contribution in [0.2, 0.25) is 0 Å². The topological polar surface area (TPSA) is 86.6 Å². The largest absolute Gasteiger partial charge is 0.493 e. The van der Waals surface area contributed by atoms with Crippen molar-refractivity contribution in [1.29, 1.82) is 0 Å². The van der Waals surface area contributed by atoms with Crippen LogP contribution in [0.25, 0.3) is 6.08 Å². The highest BCUT2D eigenvalue weighted by atomic mass is 16.5. The number of aliphatic hydroxyl groups is 2. The van der Waals surface area contributed by atoms with Crippen molar-refractivity contribution in [3.8, 4) is 28.7 Å². The third-order valence-electron chi connectivity index (χ3n) is 4.40. The molecule has 0 saturated heterocycles. The molecule has 0 fully saturated rings. The predicted octanol–water partition coefficient (Wildman–Crippen LogP) is 3.23. The molecule has 0 aliphatic rings. The molecular formula is C22H28O7. The number of benzene rings is 2. The second kappa shape index (κ2) is 10.6. The molecule has 0 aromatic heterocycles. The van der Waals surface area contributed by atoms with Gasteiger partial charge in [-0.25, -0.2) is 0 Å². The molecule has 0 bridgehead atoms. The summed E-state index contributed by atoms with van der Waals surface area (Å²) in [5.41, 5.74) is 1.41. The van der Waals surface area contributed by atoms with E-state index in [0.717, 1.165) is 5.56 Å². The number of rotatable bonds is 10. The summed E-state index contributed by atoms with van der Waals surface area (Å²) in [5.74, 6) is 2.38. The fourth-order valence-electron chi connectivity index (χ4n) is 2.86. The lowest BCUT2D eigenvalue weighted by atomic mass is 10.0. The maximum Gasteiger partial charge on any atom is 0.203 e. The maximum atomic E-state index is 10.8. The molecule has 0 spiro atoms. The summed E-state index contributed by atoms with van der Waals surface area (Å²) >= 11 is 0. The van der Waals surface area contributed by atoms with Crippen molar-refractivity contribution in [3.05, 3.63) is 47.5 Å². The molecule has 0 amide bonds. The smallest absolute Gasteiger partial charge is 0.203 e. The standard InChI is InChI=1S/C22H28O7/c1-14(21(24)16-8-9-17(25-2)18(13-16)26-3)29-22-19(27-4)11-15(7-6-10-23)12-20(22)28-5/h6-9,11-14,21,23-24H,10H2,1-5H3/b7-6+. The summed E-state index contributed by atoms with van der Waals surface area (Å²) in [7, 11) is 6.14. The summed E-state index contributed by atoms with van der Waals surface area (Å²) in [6.45, 7) is 1.68. The molecule has 2 unspecified atom stereocenters. The Balaban J connectivity index is 2.31. The predicted molar refractivity (Wildman–Crippen MR) is 110 cm³/mol. The molecule has 0 radical (unpaired) electrons. The first kappa shape index (κ1) is 22.4. The molecule has 0 saturated carbocycles. The quantitative estimate of drug-likeness (QED) is 0.629. The molecule has 2 rings (SSSR count). The molecular weight excluding hydrogens is 376 g/mol. The third-order valence-corrected chi connectivity index (χ3v) is 4.40. The van der Waals surface area contributed by atoms with Crippen LogP contribution in [0.15, 0.2) is 36.4 Å². The molecule has 7 nitrogen and oxygen atoms in total. The highest BCUT2D eigenvalue weighted by Gasteiger charge is 2.23. The van der Waals surface area contributed by atoms with Gasteiger partial charge in [-0.05, 0) is 42.3 Å². The Morgan fingerprint density at radius 2 is 1.45 bits per heavy atom. The van der Waals surface area contributed by atoms with Crippen LogP contribution in [0.4, 0.5) is 0 Å². The normalized spacial score (nSPS) is 13.1. The first-order valence-corrected chi connectivity index (χ1v) is 9.09. The van der Waals surface area contributed by atoms with Crippen molar-refractivity contribution in [1.82, 2.24) is 0 Å². The summed E-state index contributed by atoms with van der Waals surface area (Å²) < 4.78 is 27.4. The fourth-order valence-corrected chi connectivity index (χ4v) is 2.86. The summed E-state index contributed by atoms with van der Waals surface area (Å²) in [6.07, 6.45) is 1.81. The van der Waals surface area contributed by atoms with Gasteiger partial charge in [0.15, 0.2) is 23.0 Å². The molecule has 2 atom stereocenters. The van der Waals surface area contributed by atoms with Crippen molar-refractivity contribution < 1.29 is 33.9 Å². The van der Waals surface area contributed by atoms with E-state index >= 15 is 0 Å². The van der Waals surface area contributed by atoms with Crippen LogP contribution in [0.1, 0.15) is 24.2 Å². The average molecular weight is 404 g/mol. The van der Waals surface area contributed by atoms with E-state index in [1.54, 1.807) is 56.5 Å². The summed E-state index contributed by atoms with van der Waals surface area (Å²) in [4.78, 5) is 0. The Morgan fingerprint density at radius 1 is 0.862 bits per heavy atom. The van der Waals surface area contributed by atoms with Crippen molar-refractivity contribution in [2.75, 3.05) is 35.0 Å². The molecule has 0 aliphatic heterocycles. The van der Waals surface area contributed by atoms with E-state index in [1.807, 2.05) is 0 Å². The van der Waals surface area contributed by atoms with Gasteiger partial charge < -0.3 is 33.9 Å². The monoisotopic (exact) mass is 404 g/mol. The summed E-state index contributed by atoms with van der Waals surface area (Å²) in [6, 6.07) is 8.72. The van der Waals surface area contributed by atoms with Crippen LogP contribution in [0, 0.1) is 0 Å². The van der Waals surface area contributed by atoms with Gasteiger partial charge in [0.2, 0.25) is 5.75 Å². The van der Waals surface area contributed by atoms with Gasteiger partial charge in [-0.15, -0.1) is 0 Å². The van der Waals surface area contributed by atoms with Crippen LogP contribution >= 0.6 is 0 Å². The zero-order valence-electron chi connectivity index (χ0n) is 17.3. The minimum absolute atomic E-state index is 0.0720. The zero-order chi connectivity index (χ0) is 21.4. The van der Waals surface area contributed by atoms with E-state index in [1.165, 1.54) is 21.3 Å². The number of aliphatic hydroxyl groups excluding tert-OH is 2. The first-order valence-electron chi connectivity index (χ1n) is 9.09. The van der Waals surface area contributed by atoms with Crippen LogP contribution < -0.4 is 23.7 Å². The van der Waals surface area contributed by atoms with Crippen LogP contribution in [-0.4, -0.2) is 51.4 Å². The Morgan fingerprint density at radius 3 is 1.97 bits per heavy atom. The molecule has 0 heterocycles. The average Bonchev–Trinajstić information content (AvgIpc) is 2.76. The molecule has 7 heteroatoms. The van der Waals surface area contributed by atoms with Gasteiger partial charge >= 0.3 is 0 Å². The minimum Gasteiger partial charge on any atom is -0.493 e. The van der Waals surface area contributed by atoms with Crippen molar-refractivity contribution >= 4 is 6.08 Å². The van der Waals surface area contributed by atoms with Gasteiger partial charge in [-0.2, -0.15) is 0 Å². The third kappa shape index (κ3) is 5.34. The van der Waals surface area contributed by atoms with E-state index in [-0.39, 0.29) is 6.61 Å². The number of hydrogen-bond acceptors (Lipinski definition) is 7. The first-order chi connectivity index (χ1) is 14.0. The fraction of sp³-hybridized carbons (Fsp3) is 0.364. The maximum absolute atomic E-state index is 10.8. The lowest BCUT2D eigenvalue weighted by Gasteiger charge is -2.24. The van der Waals surface area contributed by atoms with Crippen molar-refractivity contribution in [3.63, 3.8) is 0 Å². The second-order valence-electron chi connectivity index (χ2n) is 6.22. The Labute approximate surface area is 171 Å². The SMILES string of the molecule is COc1ccc(C(O)C(C)Oc2c(OC)cc(/C=C/CO)cc2OC)cc1OC. The highest BCUT2D eigenvalue weighted by molar-refractivity contribution is 5.62. The number of methoxy groups -OCH3 is 4. The van der Waals surface area contributed by atoms with Gasteiger partial charge in [-0.3, -0.25) is 0 Å². The molecule has 2 aromatic rings. The van der Waals surface area contributed by atoms with E-state index in [2.05, 4.69) is 0 Å². The molecule has 2 aromatic carbocycles. The van der Waals surface area contributed by atoms with E-state index in [4.69, 9.17) is 28.8 Å². The Hall–Kier alpha value is -2.90. The van der Waals surface area contributed by atoms with Crippen molar-refractivity contribution in [2.45, 2.75) is 19.1 Å². The van der Waals surface area contributed by atoms with Gasteiger partial charge in [-0.1, -0.05) is 18.2 Å². The van der Waals surface area contributed by atoms with E-state index in [0.29, 0.717) is 34.3 Å². The van der Waals surface area contributed by atoms with Gasteiger partial charge in [0.05, 0.1) is 35.0 Å². The van der Waals surface area contributed by atoms with Crippen LogP contribution in [0.5, 0.6) is 28.7 Å².